The maximum atomic E-state index is 13.9. The van der Waals surface area contributed by atoms with Gasteiger partial charge in [0.1, 0.15) is 11.3 Å². The first kappa shape index (κ1) is 20.1. The Morgan fingerprint density at radius 1 is 0.735 bits per heavy atom. The van der Waals surface area contributed by atoms with Gasteiger partial charge in [0.15, 0.2) is 0 Å². The van der Waals surface area contributed by atoms with Crippen LogP contribution in [0.3, 0.4) is 0 Å². The first-order valence-corrected chi connectivity index (χ1v) is 11.2. The van der Waals surface area contributed by atoms with Crippen LogP contribution < -0.4 is 5.56 Å². The number of hydrogen-bond acceptors (Lipinski definition) is 3. The maximum absolute atomic E-state index is 13.9. The van der Waals surface area contributed by atoms with Gasteiger partial charge in [-0.3, -0.25) is 9.78 Å². The molecule has 0 bridgehead atoms. The van der Waals surface area contributed by atoms with Crippen LogP contribution >= 0.6 is 0 Å². The molecule has 6 rings (SSSR count). The minimum atomic E-state index is -0.131. The van der Waals surface area contributed by atoms with Gasteiger partial charge in [0.05, 0.1) is 16.6 Å². The monoisotopic (exact) mass is 442 g/mol. The van der Waals surface area contributed by atoms with Gasteiger partial charge in [-0.15, -0.1) is 0 Å². The third kappa shape index (κ3) is 3.05. The zero-order valence-electron chi connectivity index (χ0n) is 18.9. The summed E-state index contributed by atoms with van der Waals surface area (Å²) in [6.45, 7) is 1.99. The van der Waals surface area contributed by atoms with E-state index in [0.717, 1.165) is 50.2 Å². The second-order valence-electron chi connectivity index (χ2n) is 8.43. The van der Waals surface area contributed by atoms with Crippen LogP contribution in [0.4, 0.5) is 0 Å². The molecule has 3 heterocycles. The molecule has 3 aromatic heterocycles. The molecule has 0 atom stereocenters. The van der Waals surface area contributed by atoms with Crippen molar-refractivity contribution < 1.29 is 0 Å². The Hall–Kier alpha value is -4.51. The van der Waals surface area contributed by atoms with E-state index in [1.165, 1.54) is 0 Å². The fraction of sp³-hybridized carbons (Fsp3) is 0.0690. The summed E-state index contributed by atoms with van der Waals surface area (Å²) in [6.07, 6.45) is 1.78. The predicted octanol–water partition coefficient (Wildman–Crippen LogP) is 5.89. The van der Waals surface area contributed by atoms with Gasteiger partial charge in [-0.05, 0) is 36.2 Å². The quantitative estimate of drug-likeness (QED) is 0.343. The van der Waals surface area contributed by atoms with E-state index in [4.69, 9.17) is 5.10 Å². The Morgan fingerprint density at radius 3 is 2.18 bits per heavy atom. The number of aryl methyl sites for hydroxylation is 1. The summed E-state index contributed by atoms with van der Waals surface area (Å²) in [6, 6.07) is 30.0. The lowest BCUT2D eigenvalue weighted by Gasteiger charge is -2.14. The molecule has 0 radical (unpaired) electrons. The smallest absolute Gasteiger partial charge is 0.282 e. The normalized spacial score (nSPS) is 11.4. The topological polar surface area (TPSA) is 52.2 Å². The van der Waals surface area contributed by atoms with Crippen LogP contribution in [-0.4, -0.2) is 19.2 Å². The molecular weight excluding hydrogens is 420 g/mol. The molecule has 0 aliphatic rings. The van der Waals surface area contributed by atoms with E-state index < -0.39 is 0 Å². The highest BCUT2D eigenvalue weighted by molar-refractivity contribution is 5.92. The Labute approximate surface area is 196 Å². The Morgan fingerprint density at radius 2 is 1.44 bits per heavy atom. The van der Waals surface area contributed by atoms with Crippen LogP contribution in [0.15, 0.2) is 102 Å². The Kier molecular flexibility index (Phi) is 4.62. The molecule has 6 aromatic rings. The van der Waals surface area contributed by atoms with Gasteiger partial charge in [-0.2, -0.15) is 9.61 Å². The van der Waals surface area contributed by atoms with Gasteiger partial charge in [0.25, 0.3) is 5.56 Å². The second-order valence-corrected chi connectivity index (χ2v) is 8.43. The largest absolute Gasteiger partial charge is 0.332 e. The van der Waals surface area contributed by atoms with Crippen LogP contribution in [0, 0.1) is 6.92 Å². The lowest BCUT2D eigenvalue weighted by atomic mass is 10.0. The van der Waals surface area contributed by atoms with Crippen LogP contribution in [0.2, 0.25) is 0 Å². The molecule has 5 heteroatoms. The Bertz CT molecular complexity index is 1730. The van der Waals surface area contributed by atoms with Gasteiger partial charge >= 0.3 is 0 Å². The maximum Gasteiger partial charge on any atom is 0.282 e. The number of hydrogen-bond donors (Lipinski definition) is 0. The molecule has 34 heavy (non-hydrogen) atoms. The van der Waals surface area contributed by atoms with E-state index in [-0.39, 0.29) is 5.56 Å². The lowest BCUT2D eigenvalue weighted by molar-refractivity contribution is 0.804. The minimum absolute atomic E-state index is 0.131. The summed E-state index contributed by atoms with van der Waals surface area (Å²) in [5, 5.41) is 5.88. The number of pyridine rings is 1. The molecule has 0 saturated carbocycles. The molecule has 3 aromatic carbocycles. The zero-order valence-corrected chi connectivity index (χ0v) is 18.9. The van der Waals surface area contributed by atoms with Gasteiger partial charge in [-0.1, -0.05) is 72.8 Å². The summed E-state index contributed by atoms with van der Waals surface area (Å²) in [5.41, 5.74) is 7.67. The standard InChI is InChI=1S/C29H22N4O/c1-19-25(23-15-16-24-22(18-23)14-9-17-30-24)29(34)33-28(32(19)2)26(20-10-5-3-6-11-20)27(31-33)21-12-7-4-8-13-21/h3-18H,1-2H3. The number of aromatic nitrogens is 4. The number of fused-ring (bicyclic) bond motifs is 2. The highest BCUT2D eigenvalue weighted by Crippen LogP contribution is 2.36. The summed E-state index contributed by atoms with van der Waals surface area (Å²) < 4.78 is 3.63. The van der Waals surface area contributed by atoms with Crippen molar-refractivity contribution in [1.29, 1.82) is 0 Å². The van der Waals surface area contributed by atoms with Crippen molar-refractivity contribution in [3.05, 3.63) is 113 Å². The summed E-state index contributed by atoms with van der Waals surface area (Å²) in [5.74, 6) is 0. The molecule has 0 saturated heterocycles. The van der Waals surface area contributed by atoms with E-state index in [1.807, 2.05) is 92.8 Å². The van der Waals surface area contributed by atoms with Gasteiger partial charge in [0.2, 0.25) is 0 Å². The molecular formula is C29H22N4O. The number of rotatable bonds is 3. The van der Waals surface area contributed by atoms with Crippen molar-refractivity contribution in [1.82, 2.24) is 19.2 Å². The summed E-state index contributed by atoms with van der Waals surface area (Å²) in [4.78, 5) is 18.3. The van der Waals surface area contributed by atoms with Crippen LogP contribution in [0.5, 0.6) is 0 Å². The van der Waals surface area contributed by atoms with E-state index in [0.29, 0.717) is 5.56 Å². The lowest BCUT2D eigenvalue weighted by Crippen LogP contribution is -2.22. The number of nitrogens with zero attached hydrogens (tertiary/aromatic N) is 4. The predicted molar refractivity (Wildman–Crippen MR) is 137 cm³/mol. The molecule has 164 valence electrons. The van der Waals surface area contributed by atoms with E-state index in [9.17, 15) is 4.79 Å². The van der Waals surface area contributed by atoms with Crippen LogP contribution in [0.1, 0.15) is 5.69 Å². The number of benzene rings is 3. The van der Waals surface area contributed by atoms with Crippen molar-refractivity contribution in [2.45, 2.75) is 6.92 Å². The molecule has 0 spiro atoms. The molecule has 0 N–H and O–H groups in total. The highest BCUT2D eigenvalue weighted by atomic mass is 16.1. The molecule has 0 amide bonds. The molecule has 0 aliphatic heterocycles. The van der Waals surface area contributed by atoms with E-state index in [1.54, 1.807) is 10.7 Å². The van der Waals surface area contributed by atoms with Crippen molar-refractivity contribution in [2.75, 3.05) is 0 Å². The van der Waals surface area contributed by atoms with Crippen molar-refractivity contribution in [3.8, 4) is 33.5 Å². The van der Waals surface area contributed by atoms with Crippen LogP contribution in [-0.2, 0) is 7.05 Å². The summed E-state index contributed by atoms with van der Waals surface area (Å²) >= 11 is 0. The zero-order chi connectivity index (χ0) is 23.2. The SMILES string of the molecule is Cc1c(-c2ccc3ncccc3c2)c(=O)n2nc(-c3ccccc3)c(-c3ccccc3)c2n1C. The third-order valence-corrected chi connectivity index (χ3v) is 6.45. The van der Waals surface area contributed by atoms with Gasteiger partial charge in [0, 0.05) is 29.9 Å². The Balaban J connectivity index is 1.71. The first-order chi connectivity index (χ1) is 16.6. The molecule has 0 aliphatic carbocycles. The molecule has 5 nitrogen and oxygen atoms in total. The minimum Gasteiger partial charge on any atom is -0.332 e. The van der Waals surface area contributed by atoms with Crippen molar-refractivity contribution >= 4 is 16.6 Å². The third-order valence-electron chi connectivity index (χ3n) is 6.45. The molecule has 0 unspecified atom stereocenters. The molecule has 0 fully saturated rings. The van der Waals surface area contributed by atoms with E-state index >= 15 is 0 Å². The summed E-state index contributed by atoms with van der Waals surface area (Å²) in [7, 11) is 2.00. The van der Waals surface area contributed by atoms with E-state index in [2.05, 4.69) is 21.7 Å². The average molecular weight is 443 g/mol. The van der Waals surface area contributed by atoms with Crippen LogP contribution in [0.25, 0.3) is 50.1 Å². The van der Waals surface area contributed by atoms with Crippen molar-refractivity contribution in [3.63, 3.8) is 0 Å². The average Bonchev–Trinajstić information content (AvgIpc) is 3.30. The fourth-order valence-corrected chi connectivity index (χ4v) is 4.68. The highest BCUT2D eigenvalue weighted by Gasteiger charge is 2.23. The van der Waals surface area contributed by atoms with Crippen molar-refractivity contribution in [2.24, 2.45) is 7.05 Å². The second kappa shape index (κ2) is 7.81. The van der Waals surface area contributed by atoms with Gasteiger partial charge < -0.3 is 4.57 Å². The fourth-order valence-electron chi connectivity index (χ4n) is 4.68. The first-order valence-electron chi connectivity index (χ1n) is 11.2. The van der Waals surface area contributed by atoms with Gasteiger partial charge in [-0.25, -0.2) is 0 Å².